The van der Waals surface area contributed by atoms with Gasteiger partial charge in [-0.25, -0.2) is 16.8 Å². The van der Waals surface area contributed by atoms with Crippen molar-refractivity contribution in [3.05, 3.63) is 53.1 Å². The van der Waals surface area contributed by atoms with E-state index in [4.69, 9.17) is 11.6 Å². The second-order valence-corrected chi connectivity index (χ2v) is 8.78. The number of sulfone groups is 1. The van der Waals surface area contributed by atoms with E-state index in [1.165, 1.54) is 24.3 Å². The van der Waals surface area contributed by atoms with Crippen LogP contribution in [0.25, 0.3) is 0 Å². The Hall–Kier alpha value is -1.57. The van der Waals surface area contributed by atoms with Crippen LogP contribution < -0.4 is 4.72 Å². The molecule has 0 atom stereocenters. The van der Waals surface area contributed by atoms with E-state index in [-0.39, 0.29) is 9.79 Å². The van der Waals surface area contributed by atoms with Crippen LogP contribution in [0.2, 0.25) is 5.02 Å². The monoisotopic (exact) mass is 359 g/mol. The Morgan fingerprint density at radius 1 is 0.909 bits per heavy atom. The Balaban J connectivity index is 2.56. The van der Waals surface area contributed by atoms with Crippen LogP contribution in [0.1, 0.15) is 5.56 Å². The molecule has 5 nitrogen and oxygen atoms in total. The molecule has 0 radical (unpaired) electrons. The average Bonchev–Trinajstić information content (AvgIpc) is 2.43. The van der Waals surface area contributed by atoms with Crippen LogP contribution in [0, 0.1) is 6.92 Å². The molecule has 0 heterocycles. The number of benzene rings is 2. The minimum absolute atomic E-state index is 0.248. The van der Waals surface area contributed by atoms with Crippen molar-refractivity contribution in [3.8, 4) is 0 Å². The van der Waals surface area contributed by atoms with Crippen LogP contribution >= 0.6 is 11.6 Å². The molecule has 0 aliphatic carbocycles. The van der Waals surface area contributed by atoms with E-state index < -0.39 is 19.9 Å². The Bertz CT molecular complexity index is 922. The van der Waals surface area contributed by atoms with Crippen molar-refractivity contribution in [2.75, 3.05) is 11.0 Å². The van der Waals surface area contributed by atoms with Gasteiger partial charge in [0.15, 0.2) is 9.84 Å². The molecule has 2 rings (SSSR count). The van der Waals surface area contributed by atoms with Gasteiger partial charge in [-0.1, -0.05) is 29.8 Å². The first-order valence-electron chi connectivity index (χ1n) is 6.20. The van der Waals surface area contributed by atoms with Crippen LogP contribution in [0.3, 0.4) is 0 Å². The molecule has 0 saturated carbocycles. The molecule has 0 saturated heterocycles. The van der Waals surface area contributed by atoms with Gasteiger partial charge >= 0.3 is 0 Å². The SMILES string of the molecule is Cc1c(Cl)cccc1NS(=O)(=O)c1ccccc1S(C)(=O)=O. The first kappa shape index (κ1) is 16.8. The highest BCUT2D eigenvalue weighted by Crippen LogP contribution is 2.27. The molecule has 2 aromatic rings. The van der Waals surface area contributed by atoms with Gasteiger partial charge in [-0.05, 0) is 36.8 Å². The van der Waals surface area contributed by atoms with E-state index in [1.807, 2.05) is 0 Å². The van der Waals surface area contributed by atoms with Crippen LogP contribution in [-0.4, -0.2) is 23.1 Å². The topological polar surface area (TPSA) is 80.3 Å². The number of rotatable bonds is 4. The Morgan fingerprint density at radius 2 is 1.50 bits per heavy atom. The van der Waals surface area contributed by atoms with Crippen molar-refractivity contribution >= 4 is 37.1 Å². The summed E-state index contributed by atoms with van der Waals surface area (Å²) in [4.78, 5) is -0.543. The fourth-order valence-electron chi connectivity index (χ4n) is 1.90. The van der Waals surface area contributed by atoms with Crippen molar-refractivity contribution in [2.45, 2.75) is 16.7 Å². The molecule has 0 aromatic heterocycles. The minimum atomic E-state index is -4.05. The summed E-state index contributed by atoms with van der Waals surface area (Å²) >= 11 is 5.96. The van der Waals surface area contributed by atoms with Crippen molar-refractivity contribution in [3.63, 3.8) is 0 Å². The van der Waals surface area contributed by atoms with Crippen LogP contribution in [-0.2, 0) is 19.9 Å². The second kappa shape index (κ2) is 5.91. The largest absolute Gasteiger partial charge is 0.279 e. The van der Waals surface area contributed by atoms with Crippen LogP contribution in [0.15, 0.2) is 52.3 Å². The predicted octanol–water partition coefficient (Wildman–Crippen LogP) is 2.85. The summed E-state index contributed by atoms with van der Waals surface area (Å²) in [5.74, 6) is 0. The van der Waals surface area contributed by atoms with Crippen molar-refractivity contribution in [1.82, 2.24) is 0 Å². The number of halogens is 1. The summed E-state index contributed by atoms with van der Waals surface area (Å²) in [6.07, 6.45) is 0.964. The van der Waals surface area contributed by atoms with Gasteiger partial charge in [-0.3, -0.25) is 4.72 Å². The minimum Gasteiger partial charge on any atom is -0.279 e. The third-order valence-corrected chi connectivity index (χ3v) is 6.17. The van der Waals surface area contributed by atoms with E-state index in [2.05, 4.69) is 4.72 Å². The molecule has 1 N–H and O–H groups in total. The molecule has 0 bridgehead atoms. The van der Waals surface area contributed by atoms with E-state index in [0.717, 1.165) is 6.26 Å². The maximum atomic E-state index is 12.5. The van der Waals surface area contributed by atoms with E-state index >= 15 is 0 Å². The third kappa shape index (κ3) is 3.43. The molecule has 0 amide bonds. The zero-order valence-electron chi connectivity index (χ0n) is 11.9. The molecule has 0 spiro atoms. The Labute approximate surface area is 134 Å². The number of nitrogens with one attached hydrogen (secondary N) is 1. The number of anilines is 1. The second-order valence-electron chi connectivity index (χ2n) is 4.74. The predicted molar refractivity (Wildman–Crippen MR) is 86.5 cm³/mol. The van der Waals surface area contributed by atoms with Gasteiger partial charge < -0.3 is 0 Å². The van der Waals surface area contributed by atoms with E-state index in [1.54, 1.807) is 25.1 Å². The van der Waals surface area contributed by atoms with Crippen molar-refractivity contribution in [2.24, 2.45) is 0 Å². The molecular weight excluding hydrogens is 346 g/mol. The summed E-state index contributed by atoms with van der Waals surface area (Å²) in [7, 11) is -7.73. The number of hydrogen-bond donors (Lipinski definition) is 1. The zero-order valence-corrected chi connectivity index (χ0v) is 14.3. The van der Waals surface area contributed by atoms with Gasteiger partial charge in [0.2, 0.25) is 0 Å². The van der Waals surface area contributed by atoms with Gasteiger partial charge in [-0.2, -0.15) is 0 Å². The number of hydrogen-bond acceptors (Lipinski definition) is 4. The van der Waals surface area contributed by atoms with Gasteiger partial charge in [0.1, 0.15) is 4.90 Å². The highest BCUT2D eigenvalue weighted by molar-refractivity contribution is 7.95. The molecule has 118 valence electrons. The molecule has 8 heteroatoms. The fourth-order valence-corrected chi connectivity index (χ4v) is 4.82. The lowest BCUT2D eigenvalue weighted by molar-refractivity contribution is 0.588. The Morgan fingerprint density at radius 3 is 2.09 bits per heavy atom. The molecule has 0 aliphatic heterocycles. The normalized spacial score (nSPS) is 12.1. The maximum Gasteiger partial charge on any atom is 0.263 e. The van der Waals surface area contributed by atoms with Crippen molar-refractivity contribution < 1.29 is 16.8 Å². The lowest BCUT2D eigenvalue weighted by atomic mass is 10.2. The lowest BCUT2D eigenvalue weighted by Gasteiger charge is -2.13. The first-order chi connectivity index (χ1) is 10.1. The standard InChI is InChI=1S/C14H14ClNO4S2/c1-10-11(15)6-5-7-12(10)16-22(19,20)14-9-4-3-8-13(14)21(2,17)18/h3-9,16H,1-2H3. The quantitative estimate of drug-likeness (QED) is 0.910. The fraction of sp³-hybridized carbons (Fsp3) is 0.143. The summed E-state index contributed by atoms with van der Waals surface area (Å²) in [5, 5.41) is 0.414. The molecule has 0 unspecified atom stereocenters. The van der Waals surface area contributed by atoms with Crippen LogP contribution in [0.5, 0.6) is 0 Å². The third-order valence-electron chi connectivity index (χ3n) is 3.05. The molecule has 0 fully saturated rings. The molecule has 0 aliphatic rings. The first-order valence-corrected chi connectivity index (χ1v) is 9.95. The zero-order chi connectivity index (χ0) is 16.5. The highest BCUT2D eigenvalue weighted by Gasteiger charge is 2.24. The number of sulfonamides is 1. The summed E-state index contributed by atoms with van der Waals surface area (Å²) in [6.45, 7) is 1.67. The van der Waals surface area contributed by atoms with Gasteiger partial charge in [0, 0.05) is 11.3 Å². The smallest absolute Gasteiger partial charge is 0.263 e. The molecule has 2 aromatic carbocycles. The summed E-state index contributed by atoms with van der Waals surface area (Å²) in [6, 6.07) is 10.2. The lowest BCUT2D eigenvalue weighted by Crippen LogP contribution is -2.17. The van der Waals surface area contributed by atoms with E-state index in [0.29, 0.717) is 16.3 Å². The van der Waals surface area contributed by atoms with E-state index in [9.17, 15) is 16.8 Å². The maximum absolute atomic E-state index is 12.5. The van der Waals surface area contributed by atoms with Crippen LogP contribution in [0.4, 0.5) is 5.69 Å². The summed E-state index contributed by atoms with van der Waals surface area (Å²) < 4.78 is 50.9. The molecule has 22 heavy (non-hydrogen) atoms. The van der Waals surface area contributed by atoms with Gasteiger partial charge in [0.25, 0.3) is 10.0 Å². The Kier molecular flexibility index (Phi) is 4.51. The summed E-state index contributed by atoms with van der Waals surface area (Å²) in [5.41, 5.74) is 0.861. The average molecular weight is 360 g/mol. The van der Waals surface area contributed by atoms with Gasteiger partial charge in [-0.15, -0.1) is 0 Å². The molecular formula is C14H14ClNO4S2. The van der Waals surface area contributed by atoms with Gasteiger partial charge in [0.05, 0.1) is 10.6 Å². The van der Waals surface area contributed by atoms with Crippen molar-refractivity contribution in [1.29, 1.82) is 0 Å². The highest BCUT2D eigenvalue weighted by atomic mass is 35.5.